The van der Waals surface area contributed by atoms with E-state index in [2.05, 4.69) is 10.1 Å². The fraction of sp³-hybridized carbons (Fsp3) is 0.316. The molecule has 0 heterocycles. The predicted molar refractivity (Wildman–Crippen MR) is 94.2 cm³/mol. The number of nitrogens with one attached hydrogen (secondary N) is 1. The normalized spacial score (nSPS) is 11.9. The molecule has 140 valence electrons. The van der Waals surface area contributed by atoms with Crippen molar-refractivity contribution in [2.24, 2.45) is 5.73 Å². The van der Waals surface area contributed by atoms with Crippen molar-refractivity contribution < 1.29 is 23.0 Å². The molecule has 0 aliphatic heterocycles. The highest BCUT2D eigenvalue weighted by molar-refractivity contribution is 5.83. The number of ether oxygens (including phenoxy) is 2. The topological polar surface area (TPSA) is 73.6 Å². The number of carbonyl (C=O) groups excluding carboxylic acids is 1. The number of nitrogens with two attached hydrogens (primary N) is 1. The molecule has 0 fully saturated rings. The van der Waals surface area contributed by atoms with Crippen molar-refractivity contribution >= 4 is 5.91 Å². The zero-order valence-electron chi connectivity index (χ0n) is 14.7. The lowest BCUT2D eigenvalue weighted by Gasteiger charge is -2.17. The zero-order valence-corrected chi connectivity index (χ0v) is 14.7. The Kier molecular flexibility index (Phi) is 6.91. The van der Waals surface area contributed by atoms with Crippen LogP contribution < -0.4 is 20.5 Å². The highest BCUT2D eigenvalue weighted by Crippen LogP contribution is 2.32. The molecule has 2 aromatic rings. The van der Waals surface area contributed by atoms with E-state index in [0.717, 1.165) is 5.56 Å². The van der Waals surface area contributed by atoms with Gasteiger partial charge in [0.2, 0.25) is 5.91 Å². The van der Waals surface area contributed by atoms with Gasteiger partial charge in [-0.3, -0.25) is 4.79 Å². The van der Waals surface area contributed by atoms with Crippen molar-refractivity contribution in [2.75, 3.05) is 6.61 Å². The first-order valence-corrected chi connectivity index (χ1v) is 8.21. The summed E-state index contributed by atoms with van der Waals surface area (Å²) in [6.07, 6.45) is 0. The molecule has 2 aromatic carbocycles. The highest BCUT2D eigenvalue weighted by Gasteiger charge is 2.19. The first-order chi connectivity index (χ1) is 12.4. The summed E-state index contributed by atoms with van der Waals surface area (Å²) in [5.74, 6) is -0.311. The molecule has 1 unspecified atom stereocenters. The Hall–Kier alpha value is -2.67. The summed E-state index contributed by atoms with van der Waals surface area (Å²) < 4.78 is 35.3. The van der Waals surface area contributed by atoms with Gasteiger partial charge in [0.05, 0.1) is 6.61 Å². The van der Waals surface area contributed by atoms with E-state index in [1.165, 1.54) is 6.07 Å². The molecule has 26 heavy (non-hydrogen) atoms. The van der Waals surface area contributed by atoms with Crippen LogP contribution in [0, 0.1) is 6.92 Å². The van der Waals surface area contributed by atoms with Gasteiger partial charge in [-0.2, -0.15) is 8.78 Å². The van der Waals surface area contributed by atoms with E-state index >= 15 is 0 Å². The third kappa shape index (κ3) is 5.16. The van der Waals surface area contributed by atoms with E-state index in [4.69, 9.17) is 10.5 Å². The van der Waals surface area contributed by atoms with Gasteiger partial charge in [0.25, 0.3) is 0 Å². The Morgan fingerprint density at radius 1 is 1.19 bits per heavy atom. The van der Waals surface area contributed by atoms with Crippen molar-refractivity contribution in [3.63, 3.8) is 0 Å². The minimum absolute atomic E-state index is 0.0125. The van der Waals surface area contributed by atoms with Gasteiger partial charge in [-0.1, -0.05) is 42.0 Å². The Morgan fingerprint density at radius 2 is 1.88 bits per heavy atom. The van der Waals surface area contributed by atoms with Crippen LogP contribution in [0.1, 0.15) is 29.7 Å². The Balaban J connectivity index is 2.11. The summed E-state index contributed by atoms with van der Waals surface area (Å²) in [5.41, 5.74) is 8.06. The molecule has 0 bridgehead atoms. The van der Waals surface area contributed by atoms with Gasteiger partial charge < -0.3 is 20.5 Å². The summed E-state index contributed by atoms with van der Waals surface area (Å²) in [5, 5.41) is 2.65. The van der Waals surface area contributed by atoms with Gasteiger partial charge in [-0.25, -0.2) is 0 Å². The van der Waals surface area contributed by atoms with Crippen LogP contribution in [0.4, 0.5) is 8.78 Å². The monoisotopic (exact) mass is 364 g/mol. The minimum atomic E-state index is -3.00. The summed E-state index contributed by atoms with van der Waals surface area (Å²) in [7, 11) is 0. The molecule has 2 rings (SSSR count). The highest BCUT2D eigenvalue weighted by atomic mass is 19.3. The maximum atomic E-state index is 12.7. The zero-order chi connectivity index (χ0) is 19.1. The second kappa shape index (κ2) is 9.15. The minimum Gasteiger partial charge on any atom is -0.490 e. The number of benzene rings is 2. The van der Waals surface area contributed by atoms with Crippen LogP contribution in [0.15, 0.2) is 42.5 Å². The molecule has 1 atom stereocenters. The Bertz CT molecular complexity index is 736. The number of hydrogen-bond acceptors (Lipinski definition) is 4. The number of hydrogen-bond donors (Lipinski definition) is 2. The van der Waals surface area contributed by atoms with Crippen LogP contribution in [0.25, 0.3) is 0 Å². The van der Waals surface area contributed by atoms with Crippen LogP contribution in [0.2, 0.25) is 0 Å². The first kappa shape index (κ1) is 19.7. The maximum absolute atomic E-state index is 12.7. The number of aryl methyl sites for hydroxylation is 1. The fourth-order valence-electron chi connectivity index (χ4n) is 2.41. The molecule has 5 nitrogen and oxygen atoms in total. The van der Waals surface area contributed by atoms with Crippen molar-refractivity contribution in [3.05, 3.63) is 59.2 Å². The molecule has 0 aliphatic carbocycles. The molecular formula is C19H22F2N2O3. The van der Waals surface area contributed by atoms with E-state index in [0.29, 0.717) is 17.7 Å². The van der Waals surface area contributed by atoms with E-state index in [1.807, 2.05) is 19.1 Å². The summed E-state index contributed by atoms with van der Waals surface area (Å²) in [4.78, 5) is 12.3. The smallest absolute Gasteiger partial charge is 0.387 e. The Labute approximate surface area is 151 Å². The summed E-state index contributed by atoms with van der Waals surface area (Å²) >= 11 is 0. The number of amides is 1. The molecule has 1 amide bonds. The maximum Gasteiger partial charge on any atom is 0.387 e. The molecule has 0 aromatic heterocycles. The van der Waals surface area contributed by atoms with E-state index in [1.54, 1.807) is 31.2 Å². The molecule has 0 saturated carbocycles. The van der Waals surface area contributed by atoms with Gasteiger partial charge in [0.15, 0.2) is 11.5 Å². The molecule has 0 aliphatic rings. The lowest BCUT2D eigenvalue weighted by atomic mass is 10.1. The third-order valence-electron chi connectivity index (χ3n) is 3.74. The van der Waals surface area contributed by atoms with Crippen LogP contribution in [0.5, 0.6) is 11.5 Å². The van der Waals surface area contributed by atoms with Crippen molar-refractivity contribution in [1.29, 1.82) is 0 Å². The number of para-hydroxylation sites is 1. The average molecular weight is 364 g/mol. The SMILES string of the molecule is CCOc1cccc(CNC(=O)C(N)c2ccc(C)cc2)c1OC(F)F. The number of rotatable bonds is 8. The number of alkyl halides is 2. The second-order valence-corrected chi connectivity index (χ2v) is 5.66. The summed E-state index contributed by atoms with van der Waals surface area (Å²) in [6.45, 7) is 0.961. The van der Waals surface area contributed by atoms with Gasteiger partial charge in [0.1, 0.15) is 6.04 Å². The van der Waals surface area contributed by atoms with E-state index in [9.17, 15) is 13.6 Å². The molecule has 0 radical (unpaired) electrons. The quantitative estimate of drug-likeness (QED) is 0.754. The third-order valence-corrected chi connectivity index (χ3v) is 3.74. The van der Waals surface area contributed by atoms with E-state index < -0.39 is 18.6 Å². The van der Waals surface area contributed by atoms with Gasteiger partial charge >= 0.3 is 6.61 Å². The second-order valence-electron chi connectivity index (χ2n) is 5.66. The number of carbonyl (C=O) groups is 1. The molecule has 7 heteroatoms. The van der Waals surface area contributed by atoms with Gasteiger partial charge in [0, 0.05) is 12.1 Å². The van der Waals surface area contributed by atoms with E-state index in [-0.39, 0.29) is 18.0 Å². The van der Waals surface area contributed by atoms with Crippen LogP contribution in [0.3, 0.4) is 0 Å². The first-order valence-electron chi connectivity index (χ1n) is 8.21. The standard InChI is InChI=1S/C19H22F2N2O3/c1-3-25-15-6-4-5-14(17(15)26-19(20)21)11-23-18(24)16(22)13-9-7-12(2)8-10-13/h4-10,16,19H,3,11,22H2,1-2H3,(H,23,24). The molecular weight excluding hydrogens is 342 g/mol. The van der Waals surface area contributed by atoms with Crippen molar-refractivity contribution in [3.8, 4) is 11.5 Å². The van der Waals surface area contributed by atoms with Crippen molar-refractivity contribution in [2.45, 2.75) is 33.0 Å². The van der Waals surface area contributed by atoms with Crippen LogP contribution in [-0.4, -0.2) is 19.1 Å². The fourth-order valence-corrected chi connectivity index (χ4v) is 2.41. The summed E-state index contributed by atoms with van der Waals surface area (Å²) in [6, 6.07) is 11.2. The Morgan fingerprint density at radius 3 is 2.50 bits per heavy atom. The lowest BCUT2D eigenvalue weighted by Crippen LogP contribution is -2.33. The van der Waals surface area contributed by atoms with Crippen LogP contribution >= 0.6 is 0 Å². The lowest BCUT2D eigenvalue weighted by molar-refractivity contribution is -0.122. The predicted octanol–water partition coefficient (Wildman–Crippen LogP) is 3.31. The van der Waals surface area contributed by atoms with Crippen LogP contribution in [-0.2, 0) is 11.3 Å². The largest absolute Gasteiger partial charge is 0.490 e. The molecule has 3 N–H and O–H groups in total. The van der Waals surface area contributed by atoms with Gasteiger partial charge in [-0.05, 0) is 25.5 Å². The molecule has 0 saturated heterocycles. The molecule has 0 spiro atoms. The van der Waals surface area contributed by atoms with Crippen molar-refractivity contribution in [1.82, 2.24) is 5.32 Å². The average Bonchev–Trinajstić information content (AvgIpc) is 2.61. The van der Waals surface area contributed by atoms with Gasteiger partial charge in [-0.15, -0.1) is 0 Å². The number of halogens is 2.